The molecule has 4 heteroatoms. The van der Waals surface area contributed by atoms with E-state index in [4.69, 9.17) is 15.0 Å². The van der Waals surface area contributed by atoms with E-state index >= 15 is 0 Å². The molecule has 8 aromatic rings. The highest BCUT2D eigenvalue weighted by atomic mass is 15.0. The smallest absolute Gasteiger partial charge is 0.164 e. The molecule has 0 unspecified atom stereocenters. The second-order valence-corrected chi connectivity index (χ2v) is 10.3. The summed E-state index contributed by atoms with van der Waals surface area (Å²) < 4.78 is 0. The van der Waals surface area contributed by atoms with Crippen LogP contribution in [0.4, 0.5) is 0 Å². The van der Waals surface area contributed by atoms with Gasteiger partial charge in [-0.3, -0.25) is 4.98 Å². The molecule has 2 aromatic heterocycles. The van der Waals surface area contributed by atoms with Gasteiger partial charge < -0.3 is 0 Å². The van der Waals surface area contributed by atoms with E-state index in [9.17, 15) is 0 Å². The summed E-state index contributed by atoms with van der Waals surface area (Å²) in [6.07, 6.45) is 3.66. The Bertz CT molecular complexity index is 2240. The van der Waals surface area contributed by atoms with E-state index in [0.29, 0.717) is 17.5 Å². The summed E-state index contributed by atoms with van der Waals surface area (Å²) in [5, 5.41) is 7.17. The Balaban J connectivity index is 1.40. The molecule has 0 N–H and O–H groups in total. The van der Waals surface area contributed by atoms with E-state index in [2.05, 4.69) is 96.0 Å². The molecule has 0 radical (unpaired) electrons. The predicted octanol–water partition coefficient (Wildman–Crippen LogP) is 9.39. The zero-order chi connectivity index (χ0) is 27.9. The van der Waals surface area contributed by atoms with E-state index in [0.717, 1.165) is 38.6 Å². The highest BCUT2D eigenvalue weighted by Gasteiger charge is 2.17. The minimum absolute atomic E-state index is 0.632. The van der Waals surface area contributed by atoms with Crippen molar-refractivity contribution < 1.29 is 0 Å². The number of pyridine rings is 1. The normalized spacial score (nSPS) is 11.3. The van der Waals surface area contributed by atoms with Crippen molar-refractivity contribution >= 4 is 32.3 Å². The van der Waals surface area contributed by atoms with E-state index in [-0.39, 0.29) is 0 Å². The largest absolute Gasteiger partial charge is 0.264 e. The molecule has 2 heterocycles. The van der Waals surface area contributed by atoms with Gasteiger partial charge in [0, 0.05) is 34.6 Å². The van der Waals surface area contributed by atoms with Crippen molar-refractivity contribution in [2.45, 2.75) is 0 Å². The minimum atomic E-state index is 0.632. The molecule has 6 aromatic carbocycles. The highest BCUT2D eigenvalue weighted by molar-refractivity contribution is 6.23. The number of nitrogens with zero attached hydrogens (tertiary/aromatic N) is 4. The average Bonchev–Trinajstić information content (AvgIpc) is 3.08. The molecule has 0 fully saturated rings. The van der Waals surface area contributed by atoms with Crippen molar-refractivity contribution in [1.29, 1.82) is 0 Å². The SMILES string of the molecule is c1ccc(-c2nc(-c3cccc(-c4cccnc4)c3)nc(-c3cc4ccc5ccccc5c4c4ccccc34)n2)cc1. The molecule has 0 amide bonds. The van der Waals surface area contributed by atoms with Crippen LogP contribution in [0, 0.1) is 0 Å². The summed E-state index contributed by atoms with van der Waals surface area (Å²) >= 11 is 0. The van der Waals surface area contributed by atoms with E-state index in [1.807, 2.05) is 48.7 Å². The molecular formula is C38H24N4. The lowest BCUT2D eigenvalue weighted by Gasteiger charge is -2.14. The molecule has 196 valence electrons. The van der Waals surface area contributed by atoms with E-state index < -0.39 is 0 Å². The fourth-order valence-electron chi connectivity index (χ4n) is 5.78. The van der Waals surface area contributed by atoms with Crippen molar-refractivity contribution in [3.63, 3.8) is 0 Å². The second kappa shape index (κ2) is 10.0. The number of rotatable bonds is 4. The van der Waals surface area contributed by atoms with Gasteiger partial charge >= 0.3 is 0 Å². The monoisotopic (exact) mass is 536 g/mol. The molecule has 8 rings (SSSR count). The number of benzene rings is 6. The topological polar surface area (TPSA) is 51.6 Å². The molecule has 0 spiro atoms. The first-order valence-electron chi connectivity index (χ1n) is 14.0. The van der Waals surface area contributed by atoms with Crippen LogP contribution in [-0.4, -0.2) is 19.9 Å². The summed E-state index contributed by atoms with van der Waals surface area (Å²) in [5.74, 6) is 1.93. The first kappa shape index (κ1) is 24.1. The van der Waals surface area contributed by atoms with E-state index in [1.54, 1.807) is 6.20 Å². The summed E-state index contributed by atoms with van der Waals surface area (Å²) in [5.41, 5.74) is 4.96. The van der Waals surface area contributed by atoms with Gasteiger partial charge in [-0.05, 0) is 56.1 Å². The second-order valence-electron chi connectivity index (χ2n) is 10.3. The van der Waals surface area contributed by atoms with Crippen LogP contribution in [0.5, 0.6) is 0 Å². The molecule has 42 heavy (non-hydrogen) atoms. The summed E-state index contributed by atoms with van der Waals surface area (Å²) in [7, 11) is 0. The third kappa shape index (κ3) is 4.18. The summed E-state index contributed by atoms with van der Waals surface area (Å²) in [6, 6.07) is 46.2. The van der Waals surface area contributed by atoms with Gasteiger partial charge in [-0.1, -0.05) is 115 Å². The van der Waals surface area contributed by atoms with Gasteiger partial charge in [0.2, 0.25) is 0 Å². The van der Waals surface area contributed by atoms with Gasteiger partial charge in [-0.2, -0.15) is 0 Å². The molecule has 0 bridgehead atoms. The van der Waals surface area contributed by atoms with E-state index in [1.165, 1.54) is 21.5 Å². The Labute approximate surface area is 243 Å². The molecule has 0 aliphatic rings. The first-order valence-corrected chi connectivity index (χ1v) is 14.0. The predicted molar refractivity (Wildman–Crippen MR) is 172 cm³/mol. The maximum Gasteiger partial charge on any atom is 0.164 e. The van der Waals surface area contributed by atoms with Crippen LogP contribution in [0.2, 0.25) is 0 Å². The lowest BCUT2D eigenvalue weighted by atomic mass is 9.93. The molecule has 4 nitrogen and oxygen atoms in total. The van der Waals surface area contributed by atoms with Crippen LogP contribution in [0.15, 0.2) is 146 Å². The average molecular weight is 537 g/mol. The summed E-state index contributed by atoms with van der Waals surface area (Å²) in [6.45, 7) is 0. The Morgan fingerprint density at radius 3 is 1.86 bits per heavy atom. The number of aromatic nitrogens is 4. The van der Waals surface area contributed by atoms with Crippen molar-refractivity contribution in [2.75, 3.05) is 0 Å². The minimum Gasteiger partial charge on any atom is -0.264 e. The molecule has 0 atom stereocenters. The third-order valence-corrected chi connectivity index (χ3v) is 7.77. The standard InChI is InChI=1S/C38H24N4/c1-2-11-26(12-3-1)36-40-37(29-14-8-13-27(22-29)30-15-9-21-39-24-30)42-38(41-36)34-23-28-20-19-25-10-4-5-16-31(25)35(28)33-18-7-6-17-32(33)34/h1-24H. The van der Waals surface area contributed by atoms with Gasteiger partial charge in [0.05, 0.1) is 0 Å². The molecule has 0 saturated heterocycles. The maximum absolute atomic E-state index is 5.12. The zero-order valence-corrected chi connectivity index (χ0v) is 22.6. The highest BCUT2D eigenvalue weighted by Crippen LogP contribution is 2.38. The molecule has 0 aliphatic heterocycles. The van der Waals surface area contributed by atoms with Crippen molar-refractivity contribution in [2.24, 2.45) is 0 Å². The lowest BCUT2D eigenvalue weighted by molar-refractivity contribution is 1.08. The van der Waals surface area contributed by atoms with Crippen LogP contribution in [-0.2, 0) is 0 Å². The molecular weight excluding hydrogens is 512 g/mol. The van der Waals surface area contributed by atoms with Crippen molar-refractivity contribution in [1.82, 2.24) is 19.9 Å². The quantitative estimate of drug-likeness (QED) is 0.210. The maximum atomic E-state index is 5.12. The van der Waals surface area contributed by atoms with Gasteiger partial charge in [0.25, 0.3) is 0 Å². The van der Waals surface area contributed by atoms with Gasteiger partial charge in [-0.25, -0.2) is 15.0 Å². The lowest BCUT2D eigenvalue weighted by Crippen LogP contribution is -2.01. The van der Waals surface area contributed by atoms with Crippen LogP contribution in [0.25, 0.3) is 77.6 Å². The summed E-state index contributed by atoms with van der Waals surface area (Å²) in [4.78, 5) is 19.5. The van der Waals surface area contributed by atoms with Gasteiger partial charge in [-0.15, -0.1) is 0 Å². The number of hydrogen-bond acceptors (Lipinski definition) is 4. The Morgan fingerprint density at radius 2 is 1.02 bits per heavy atom. The zero-order valence-electron chi connectivity index (χ0n) is 22.6. The van der Waals surface area contributed by atoms with Gasteiger partial charge in [0.15, 0.2) is 17.5 Å². The fourth-order valence-corrected chi connectivity index (χ4v) is 5.78. The van der Waals surface area contributed by atoms with Gasteiger partial charge in [0.1, 0.15) is 0 Å². The Hall–Kier alpha value is -5.74. The Morgan fingerprint density at radius 1 is 0.381 bits per heavy atom. The Kier molecular flexibility index (Phi) is 5.75. The van der Waals surface area contributed by atoms with Crippen molar-refractivity contribution in [3.8, 4) is 45.3 Å². The number of fused-ring (bicyclic) bond motifs is 5. The number of hydrogen-bond donors (Lipinski definition) is 0. The molecule has 0 aliphatic carbocycles. The van der Waals surface area contributed by atoms with Crippen LogP contribution in [0.3, 0.4) is 0 Å². The molecule has 0 saturated carbocycles. The van der Waals surface area contributed by atoms with Crippen LogP contribution < -0.4 is 0 Å². The first-order chi connectivity index (χ1) is 20.8. The van der Waals surface area contributed by atoms with Crippen LogP contribution >= 0.6 is 0 Å². The fraction of sp³-hybridized carbons (Fsp3) is 0. The third-order valence-electron chi connectivity index (χ3n) is 7.77. The van der Waals surface area contributed by atoms with Crippen molar-refractivity contribution in [3.05, 3.63) is 146 Å². The van der Waals surface area contributed by atoms with Crippen LogP contribution in [0.1, 0.15) is 0 Å².